The van der Waals surface area contributed by atoms with E-state index in [1.807, 2.05) is 0 Å². The number of hydrogen-bond acceptors (Lipinski definition) is 16. The Labute approximate surface area is 192 Å². The Kier molecular flexibility index (Phi) is 10.6. The second-order valence-corrected chi connectivity index (χ2v) is 8.18. The van der Waals surface area contributed by atoms with Gasteiger partial charge in [-0.05, 0) is 0 Å². The van der Waals surface area contributed by atoms with Crippen LogP contribution >= 0.6 is 0 Å². The van der Waals surface area contributed by atoms with Crippen LogP contribution in [0.4, 0.5) is 0 Å². The third kappa shape index (κ3) is 6.06. The molecular weight excluding hydrogens is 472 g/mol. The van der Waals surface area contributed by atoms with Crippen LogP contribution in [0.5, 0.6) is 0 Å². The van der Waals surface area contributed by atoms with Crippen LogP contribution in [0.25, 0.3) is 0 Å². The molecule has 0 bridgehead atoms. The third-order valence-corrected chi connectivity index (χ3v) is 5.81. The molecule has 2 rings (SSSR count). The smallest absolute Gasteiger partial charge is 0.195 e. The Morgan fingerprint density at radius 1 is 0.706 bits per heavy atom. The van der Waals surface area contributed by atoms with Crippen molar-refractivity contribution in [1.82, 2.24) is 0 Å². The average molecular weight is 504 g/mol. The van der Waals surface area contributed by atoms with Crippen molar-refractivity contribution in [3.05, 3.63) is 0 Å². The topological polar surface area (TPSA) is 288 Å². The number of ether oxygens (including phenoxy) is 3. The van der Waals surface area contributed by atoms with Crippen LogP contribution in [0, 0.1) is 0 Å². The van der Waals surface area contributed by atoms with E-state index < -0.39 is 111 Å². The summed E-state index contributed by atoms with van der Waals surface area (Å²) in [6.07, 6.45) is -26.6. The van der Waals surface area contributed by atoms with Crippen LogP contribution in [-0.4, -0.2) is 173 Å². The molecule has 2 saturated heterocycles. The maximum absolute atomic E-state index is 12.5. The molecule has 0 unspecified atom stereocenters. The van der Waals surface area contributed by atoms with Crippen LogP contribution in [0.2, 0.25) is 0 Å². The first-order valence-corrected chi connectivity index (χ1v) is 10.4. The SMILES string of the molecule is O=C([C@H]1O[C@H](CO)[C@@H](O)[C@H](O)[C@H]1O)[C@H](O)[C@@H](O)[C@H](O)[C@H](O)CO[C@H]1O[C@H](CO)[C@@H](O)[C@H](O)[C@H]1O. The number of ketones is 1. The van der Waals surface area contributed by atoms with Crippen LogP contribution in [-0.2, 0) is 19.0 Å². The predicted molar refractivity (Wildman–Crippen MR) is 103 cm³/mol. The molecule has 14 atom stereocenters. The summed E-state index contributed by atoms with van der Waals surface area (Å²) < 4.78 is 15.0. The summed E-state index contributed by atoms with van der Waals surface area (Å²) in [5.74, 6) is -1.44. The molecule has 200 valence electrons. The molecule has 0 saturated carbocycles. The van der Waals surface area contributed by atoms with Gasteiger partial charge in [0.05, 0.1) is 19.8 Å². The van der Waals surface area contributed by atoms with Crippen molar-refractivity contribution < 1.29 is 80.3 Å². The molecule has 0 radical (unpaired) electrons. The molecule has 16 nitrogen and oxygen atoms in total. The Morgan fingerprint density at radius 2 is 1.21 bits per heavy atom. The van der Waals surface area contributed by atoms with Gasteiger partial charge in [-0.25, -0.2) is 0 Å². The fourth-order valence-electron chi connectivity index (χ4n) is 3.58. The molecule has 0 aromatic carbocycles. The summed E-state index contributed by atoms with van der Waals surface area (Å²) in [5, 5.41) is 117. The lowest BCUT2D eigenvalue weighted by Gasteiger charge is -2.40. The number of Topliss-reactive ketones (excluding diaryl/α,β-unsaturated/α-hetero) is 1. The second-order valence-electron chi connectivity index (χ2n) is 8.18. The predicted octanol–water partition coefficient (Wildman–Crippen LogP) is -8.34. The zero-order chi connectivity index (χ0) is 25.9. The lowest BCUT2D eigenvalue weighted by Crippen LogP contribution is -2.63. The highest BCUT2D eigenvalue weighted by atomic mass is 16.7. The number of hydrogen-bond donors (Lipinski definition) is 12. The number of carbonyl (C=O) groups excluding carboxylic acids is 1. The molecule has 12 N–H and O–H groups in total. The minimum atomic E-state index is -2.47. The third-order valence-electron chi connectivity index (χ3n) is 5.81. The van der Waals surface area contributed by atoms with E-state index in [1.54, 1.807) is 0 Å². The quantitative estimate of drug-likeness (QED) is 0.131. The summed E-state index contributed by atoms with van der Waals surface area (Å²) in [5.41, 5.74) is 0. The van der Waals surface area contributed by atoms with Crippen LogP contribution in [0.3, 0.4) is 0 Å². The van der Waals surface area contributed by atoms with Crippen molar-refractivity contribution in [3.8, 4) is 0 Å². The molecule has 2 fully saturated rings. The van der Waals surface area contributed by atoms with E-state index in [0.717, 1.165) is 0 Å². The van der Waals surface area contributed by atoms with Crippen LogP contribution in [0.15, 0.2) is 0 Å². The Morgan fingerprint density at radius 3 is 1.74 bits per heavy atom. The van der Waals surface area contributed by atoms with E-state index in [2.05, 4.69) is 0 Å². The highest BCUT2D eigenvalue weighted by molar-refractivity contribution is 5.88. The highest BCUT2D eigenvalue weighted by Gasteiger charge is 2.50. The molecule has 0 aliphatic carbocycles. The van der Waals surface area contributed by atoms with Gasteiger partial charge >= 0.3 is 0 Å². The van der Waals surface area contributed by atoms with Gasteiger partial charge in [-0.1, -0.05) is 0 Å². The standard InChI is InChI=1S/C18H32O16/c19-1-5-8(23)11(26)14(29)17(33-5)15(30)13(28)10(25)7(22)4(21)3-32-18-16(31)12(27)9(24)6(2-20)34-18/h4-14,16-29,31H,1-3H2/t4-,5-,6-,7-,8-,9-,10+,11+,12+,13-,14-,16-,17+,18+/m1/s1. The minimum absolute atomic E-state index is 0.749. The normalized spacial score (nSPS) is 42.6. The maximum atomic E-state index is 12.5. The average Bonchev–Trinajstić information content (AvgIpc) is 2.83. The Balaban J connectivity index is 1.97. The zero-order valence-electron chi connectivity index (χ0n) is 17.7. The molecule has 0 aromatic rings. The van der Waals surface area contributed by atoms with Crippen molar-refractivity contribution in [2.45, 2.75) is 85.6 Å². The molecule has 2 heterocycles. The van der Waals surface area contributed by atoms with Gasteiger partial charge in [0, 0.05) is 0 Å². The Bertz CT molecular complexity index is 647. The fourth-order valence-corrected chi connectivity index (χ4v) is 3.58. The van der Waals surface area contributed by atoms with E-state index in [0.29, 0.717) is 0 Å². The molecule has 2 aliphatic heterocycles. The van der Waals surface area contributed by atoms with Crippen LogP contribution < -0.4 is 0 Å². The van der Waals surface area contributed by atoms with E-state index >= 15 is 0 Å². The van der Waals surface area contributed by atoms with Crippen molar-refractivity contribution in [3.63, 3.8) is 0 Å². The molecular formula is C18H32O16. The fraction of sp³-hybridized carbons (Fsp3) is 0.944. The number of aliphatic hydroxyl groups is 12. The van der Waals surface area contributed by atoms with E-state index in [4.69, 9.17) is 24.4 Å². The maximum Gasteiger partial charge on any atom is 0.195 e. The van der Waals surface area contributed by atoms with Crippen LogP contribution in [0.1, 0.15) is 0 Å². The molecule has 0 aromatic heterocycles. The van der Waals surface area contributed by atoms with Gasteiger partial charge in [0.2, 0.25) is 0 Å². The summed E-state index contributed by atoms with van der Waals surface area (Å²) in [4.78, 5) is 12.5. The van der Waals surface area contributed by atoms with Gasteiger partial charge in [-0.2, -0.15) is 0 Å². The first-order valence-electron chi connectivity index (χ1n) is 10.4. The number of aliphatic hydroxyl groups excluding tert-OH is 12. The molecule has 0 spiro atoms. The molecule has 0 amide bonds. The molecule has 16 heteroatoms. The van der Waals surface area contributed by atoms with E-state index in [9.17, 15) is 55.9 Å². The van der Waals surface area contributed by atoms with Crippen molar-refractivity contribution >= 4 is 5.78 Å². The monoisotopic (exact) mass is 504 g/mol. The molecule has 2 aliphatic rings. The zero-order valence-corrected chi connectivity index (χ0v) is 17.7. The van der Waals surface area contributed by atoms with E-state index in [1.165, 1.54) is 0 Å². The second kappa shape index (κ2) is 12.3. The summed E-state index contributed by atoms with van der Waals surface area (Å²) >= 11 is 0. The van der Waals surface area contributed by atoms with Gasteiger partial charge in [0.15, 0.2) is 12.1 Å². The van der Waals surface area contributed by atoms with Crippen molar-refractivity contribution in [1.29, 1.82) is 0 Å². The first kappa shape index (κ1) is 29.3. The summed E-state index contributed by atoms with van der Waals surface area (Å²) in [6, 6.07) is 0. The Hall–Kier alpha value is -0.930. The van der Waals surface area contributed by atoms with Gasteiger partial charge in [0.25, 0.3) is 0 Å². The van der Waals surface area contributed by atoms with Gasteiger partial charge in [-0.3, -0.25) is 4.79 Å². The number of carbonyl (C=O) groups is 1. The lowest BCUT2D eigenvalue weighted by molar-refractivity contribution is -0.306. The largest absolute Gasteiger partial charge is 0.394 e. The highest BCUT2D eigenvalue weighted by Crippen LogP contribution is 2.25. The van der Waals surface area contributed by atoms with Gasteiger partial charge in [-0.15, -0.1) is 0 Å². The molecule has 34 heavy (non-hydrogen) atoms. The number of rotatable bonds is 10. The van der Waals surface area contributed by atoms with Gasteiger partial charge < -0.3 is 75.5 Å². The van der Waals surface area contributed by atoms with Crippen molar-refractivity contribution in [2.24, 2.45) is 0 Å². The van der Waals surface area contributed by atoms with E-state index in [-0.39, 0.29) is 0 Å². The van der Waals surface area contributed by atoms with Crippen molar-refractivity contribution in [2.75, 3.05) is 19.8 Å². The summed E-state index contributed by atoms with van der Waals surface area (Å²) in [6.45, 7) is -2.49. The summed E-state index contributed by atoms with van der Waals surface area (Å²) in [7, 11) is 0. The minimum Gasteiger partial charge on any atom is -0.394 e. The first-order chi connectivity index (χ1) is 15.9. The lowest BCUT2D eigenvalue weighted by atomic mass is 9.89. The van der Waals surface area contributed by atoms with Gasteiger partial charge in [0.1, 0.15) is 79.4 Å².